The molecule has 10 nitrogen and oxygen atoms in total. The number of pyridine rings is 1. The maximum atomic E-state index is 13.8. The van der Waals surface area contributed by atoms with Gasteiger partial charge in [0.25, 0.3) is 0 Å². The highest BCUT2D eigenvalue weighted by Gasteiger charge is 2.30. The SMILES string of the molecule is COc1cc2c(c(OC)c1OC)-c1ccc(NC(CC(C)C)C(=O)NCCc3ccncc3)c(=O)cc1C(NC(C)=O)CC2. The lowest BCUT2D eigenvalue weighted by molar-refractivity contribution is -0.122. The average molecular weight is 603 g/mol. The van der Waals surface area contributed by atoms with Crippen molar-refractivity contribution in [1.82, 2.24) is 15.6 Å². The second kappa shape index (κ2) is 14.7. The van der Waals surface area contributed by atoms with Crippen molar-refractivity contribution in [3.8, 4) is 28.4 Å². The van der Waals surface area contributed by atoms with Crippen LogP contribution in [0.3, 0.4) is 0 Å². The van der Waals surface area contributed by atoms with E-state index >= 15 is 0 Å². The Bertz CT molecular complexity index is 1540. The van der Waals surface area contributed by atoms with Crippen LogP contribution < -0.4 is 35.6 Å². The molecular weight excluding hydrogens is 560 g/mol. The van der Waals surface area contributed by atoms with E-state index in [0.29, 0.717) is 55.0 Å². The molecule has 0 spiro atoms. The number of amides is 2. The summed E-state index contributed by atoms with van der Waals surface area (Å²) in [5, 5.41) is 9.27. The average Bonchev–Trinajstić information content (AvgIpc) is 3.24. The number of ether oxygens (including phenoxy) is 3. The van der Waals surface area contributed by atoms with Gasteiger partial charge in [-0.3, -0.25) is 19.4 Å². The van der Waals surface area contributed by atoms with E-state index in [1.807, 2.05) is 38.1 Å². The van der Waals surface area contributed by atoms with Crippen LogP contribution in [0.1, 0.15) is 56.3 Å². The van der Waals surface area contributed by atoms with Crippen molar-refractivity contribution in [1.29, 1.82) is 0 Å². The Morgan fingerprint density at radius 3 is 2.36 bits per heavy atom. The summed E-state index contributed by atoms with van der Waals surface area (Å²) in [6, 6.07) is 9.80. The Balaban J connectivity index is 1.76. The fraction of sp³-hybridized carbons (Fsp3) is 0.412. The number of nitrogens with one attached hydrogen (secondary N) is 3. The minimum atomic E-state index is -0.625. The molecule has 1 aliphatic rings. The summed E-state index contributed by atoms with van der Waals surface area (Å²) in [7, 11) is 4.68. The largest absolute Gasteiger partial charge is 0.493 e. The van der Waals surface area contributed by atoms with Crippen molar-refractivity contribution in [3.63, 3.8) is 0 Å². The lowest BCUT2D eigenvalue weighted by atomic mass is 9.95. The van der Waals surface area contributed by atoms with Gasteiger partial charge in [0.2, 0.25) is 23.0 Å². The summed E-state index contributed by atoms with van der Waals surface area (Å²) in [5.74, 6) is 1.26. The highest BCUT2D eigenvalue weighted by molar-refractivity contribution is 5.86. The van der Waals surface area contributed by atoms with Crippen LogP contribution in [-0.2, 0) is 22.4 Å². The molecule has 3 aromatic rings. The number of fused-ring (bicyclic) bond motifs is 3. The molecule has 1 heterocycles. The van der Waals surface area contributed by atoms with Gasteiger partial charge < -0.3 is 30.2 Å². The van der Waals surface area contributed by atoms with Crippen molar-refractivity contribution in [2.75, 3.05) is 33.2 Å². The Kier molecular flexibility index (Phi) is 10.8. The van der Waals surface area contributed by atoms with Crippen molar-refractivity contribution in [3.05, 3.63) is 75.7 Å². The lowest BCUT2D eigenvalue weighted by Gasteiger charge is -2.20. The van der Waals surface area contributed by atoms with Crippen LogP contribution in [0.4, 0.5) is 5.69 Å². The third-order valence-electron chi connectivity index (χ3n) is 7.73. The number of hydrogen-bond donors (Lipinski definition) is 3. The molecule has 4 rings (SSSR count). The van der Waals surface area contributed by atoms with Gasteiger partial charge in [-0.15, -0.1) is 0 Å². The summed E-state index contributed by atoms with van der Waals surface area (Å²) in [6.07, 6.45) is 5.81. The van der Waals surface area contributed by atoms with Crippen LogP contribution in [0.25, 0.3) is 11.1 Å². The number of carbonyl (C=O) groups is 2. The molecular formula is C34H42N4O6. The van der Waals surface area contributed by atoms with Gasteiger partial charge in [0.1, 0.15) is 6.04 Å². The van der Waals surface area contributed by atoms with E-state index in [1.54, 1.807) is 45.9 Å². The number of methoxy groups -OCH3 is 3. The molecule has 2 amide bonds. The monoisotopic (exact) mass is 602 g/mol. The first-order chi connectivity index (χ1) is 21.2. The van der Waals surface area contributed by atoms with Crippen LogP contribution >= 0.6 is 0 Å². The standard InChI is InChI=1S/C34H42N4O6/c1-20(2)17-28(34(41)36-16-13-22-11-14-35-15-12-22)38-27-10-8-24-25(19-29(27)40)26(37-21(3)39)9-7-23-18-30(42-4)32(43-5)33(44-6)31(23)24/h8,10-12,14-15,18-20,26,28H,7,9,13,16-17H2,1-6H3,(H,36,41)(H,37,39)(H,38,40). The first kappa shape index (κ1) is 32.3. The Morgan fingerprint density at radius 1 is 1.00 bits per heavy atom. The van der Waals surface area contributed by atoms with E-state index in [-0.39, 0.29) is 28.8 Å². The summed E-state index contributed by atoms with van der Waals surface area (Å²) in [4.78, 5) is 43.4. The van der Waals surface area contributed by atoms with Crippen LogP contribution in [0.15, 0.2) is 53.6 Å². The molecule has 10 heteroatoms. The summed E-state index contributed by atoms with van der Waals surface area (Å²) < 4.78 is 17.1. The van der Waals surface area contributed by atoms with Crippen LogP contribution in [0, 0.1) is 5.92 Å². The minimum absolute atomic E-state index is 0.180. The predicted octanol–water partition coefficient (Wildman–Crippen LogP) is 4.44. The third-order valence-corrected chi connectivity index (χ3v) is 7.73. The van der Waals surface area contributed by atoms with Crippen LogP contribution in [-0.4, -0.2) is 50.7 Å². The number of benzene rings is 1. The quantitative estimate of drug-likeness (QED) is 0.278. The number of hydrogen-bond acceptors (Lipinski definition) is 8. The molecule has 1 aliphatic carbocycles. The fourth-order valence-corrected chi connectivity index (χ4v) is 5.72. The van der Waals surface area contributed by atoms with Crippen molar-refractivity contribution in [2.45, 2.75) is 58.5 Å². The number of aryl methyl sites for hydroxylation is 1. The predicted molar refractivity (Wildman–Crippen MR) is 170 cm³/mol. The van der Waals surface area contributed by atoms with Gasteiger partial charge in [0, 0.05) is 31.4 Å². The number of rotatable bonds is 12. The van der Waals surface area contributed by atoms with Gasteiger partial charge in [-0.25, -0.2) is 0 Å². The minimum Gasteiger partial charge on any atom is -0.493 e. The molecule has 0 bridgehead atoms. The molecule has 0 fully saturated rings. The molecule has 2 unspecified atom stereocenters. The summed E-state index contributed by atoms with van der Waals surface area (Å²) in [6.45, 7) is 5.99. The van der Waals surface area contributed by atoms with Crippen molar-refractivity contribution < 1.29 is 23.8 Å². The first-order valence-corrected chi connectivity index (χ1v) is 14.9. The molecule has 1 aromatic heterocycles. The van der Waals surface area contributed by atoms with Crippen LogP contribution in [0.2, 0.25) is 0 Å². The van der Waals surface area contributed by atoms with E-state index in [2.05, 4.69) is 20.9 Å². The Labute approximate surface area is 258 Å². The Hall–Kier alpha value is -4.60. The number of carbonyl (C=O) groups excluding carboxylic acids is 2. The highest BCUT2D eigenvalue weighted by atomic mass is 16.5. The zero-order valence-corrected chi connectivity index (χ0v) is 26.3. The molecule has 0 saturated heterocycles. The molecule has 2 atom stereocenters. The molecule has 44 heavy (non-hydrogen) atoms. The second-order valence-electron chi connectivity index (χ2n) is 11.3. The van der Waals surface area contributed by atoms with Crippen LogP contribution in [0.5, 0.6) is 17.2 Å². The molecule has 2 aromatic carbocycles. The van der Waals surface area contributed by atoms with Crippen molar-refractivity contribution in [2.24, 2.45) is 5.92 Å². The molecule has 234 valence electrons. The van der Waals surface area contributed by atoms with Gasteiger partial charge in [0.05, 0.1) is 33.1 Å². The van der Waals surface area contributed by atoms with E-state index < -0.39 is 12.1 Å². The van der Waals surface area contributed by atoms with Crippen molar-refractivity contribution >= 4 is 17.5 Å². The smallest absolute Gasteiger partial charge is 0.242 e. The molecule has 0 aliphatic heterocycles. The topological polar surface area (TPSA) is 128 Å². The lowest BCUT2D eigenvalue weighted by Crippen LogP contribution is -2.42. The Morgan fingerprint density at radius 2 is 1.73 bits per heavy atom. The number of anilines is 1. The highest BCUT2D eigenvalue weighted by Crippen LogP contribution is 2.50. The van der Waals surface area contributed by atoms with Gasteiger partial charge >= 0.3 is 0 Å². The number of nitrogens with zero attached hydrogens (tertiary/aromatic N) is 1. The van der Waals surface area contributed by atoms with E-state index in [4.69, 9.17) is 14.2 Å². The van der Waals surface area contributed by atoms with E-state index in [9.17, 15) is 14.4 Å². The zero-order chi connectivity index (χ0) is 31.8. The van der Waals surface area contributed by atoms with E-state index in [0.717, 1.165) is 22.3 Å². The molecule has 0 saturated carbocycles. The summed E-state index contributed by atoms with van der Waals surface area (Å²) in [5.41, 5.74) is 4.16. The van der Waals surface area contributed by atoms with Gasteiger partial charge in [-0.2, -0.15) is 0 Å². The molecule has 3 N–H and O–H groups in total. The van der Waals surface area contributed by atoms with Gasteiger partial charge in [-0.1, -0.05) is 19.9 Å². The third kappa shape index (κ3) is 7.48. The summed E-state index contributed by atoms with van der Waals surface area (Å²) >= 11 is 0. The normalized spacial score (nSPS) is 14.4. The maximum Gasteiger partial charge on any atom is 0.242 e. The zero-order valence-electron chi connectivity index (χ0n) is 26.3. The fourth-order valence-electron chi connectivity index (χ4n) is 5.72. The molecule has 0 radical (unpaired) electrons. The van der Waals surface area contributed by atoms with Gasteiger partial charge in [0.15, 0.2) is 11.5 Å². The van der Waals surface area contributed by atoms with E-state index in [1.165, 1.54) is 6.92 Å². The number of aromatic nitrogens is 1. The van der Waals surface area contributed by atoms with Gasteiger partial charge in [-0.05, 0) is 84.2 Å². The second-order valence-corrected chi connectivity index (χ2v) is 11.3. The first-order valence-electron chi connectivity index (χ1n) is 14.9. The maximum absolute atomic E-state index is 13.8.